The molecule has 3 aromatic carbocycles. The van der Waals surface area contributed by atoms with E-state index in [1.54, 1.807) is 36.4 Å². The minimum absolute atomic E-state index is 0.0308. The lowest BCUT2D eigenvalue weighted by Gasteiger charge is -2.24. The van der Waals surface area contributed by atoms with Crippen molar-refractivity contribution < 1.29 is 23.8 Å². The Morgan fingerprint density at radius 3 is 2.49 bits per heavy atom. The van der Waals surface area contributed by atoms with Crippen LogP contribution in [0.5, 0.6) is 5.75 Å². The summed E-state index contributed by atoms with van der Waals surface area (Å²) in [5.41, 5.74) is 3.37. The van der Waals surface area contributed by atoms with E-state index in [4.69, 9.17) is 9.15 Å². The number of benzene rings is 3. The fraction of sp³-hybridized carbons (Fsp3) is 0.133. The average Bonchev–Trinajstić information content (AvgIpc) is 3.50. The summed E-state index contributed by atoms with van der Waals surface area (Å²) in [7, 11) is 0. The second-order valence-corrected chi connectivity index (χ2v) is 9.72. The van der Waals surface area contributed by atoms with Gasteiger partial charge in [0.05, 0.1) is 24.4 Å². The number of Topliss-reactive ketones (excluding diaryl/α,β-unsaturated/α-hetero) is 1. The first-order valence-corrected chi connectivity index (χ1v) is 12.6. The number of hydrogen-bond acceptors (Lipinski definition) is 5. The van der Waals surface area contributed by atoms with Crippen LogP contribution >= 0.6 is 15.9 Å². The van der Waals surface area contributed by atoms with Gasteiger partial charge in [-0.05, 0) is 72.1 Å². The smallest absolute Gasteiger partial charge is 0.296 e. The van der Waals surface area contributed by atoms with E-state index in [1.165, 1.54) is 11.2 Å². The number of carbonyl (C=O) groups is 2. The molecule has 1 aliphatic rings. The van der Waals surface area contributed by atoms with Crippen LogP contribution in [0.25, 0.3) is 5.76 Å². The summed E-state index contributed by atoms with van der Waals surface area (Å²) in [6.45, 7) is 2.54. The Morgan fingerprint density at radius 2 is 1.78 bits per heavy atom. The number of ketones is 1. The molecule has 1 saturated heterocycles. The van der Waals surface area contributed by atoms with Crippen LogP contribution in [0.3, 0.4) is 0 Å². The Labute approximate surface area is 222 Å². The molecule has 0 spiro atoms. The fourth-order valence-corrected chi connectivity index (χ4v) is 4.85. The van der Waals surface area contributed by atoms with Crippen LogP contribution in [0.4, 0.5) is 0 Å². The molecule has 1 N–H and O–H groups in total. The van der Waals surface area contributed by atoms with E-state index < -0.39 is 17.7 Å². The zero-order valence-corrected chi connectivity index (χ0v) is 21.6. The average molecular weight is 558 g/mol. The molecule has 0 bridgehead atoms. The minimum atomic E-state index is -0.778. The molecule has 1 aliphatic heterocycles. The van der Waals surface area contributed by atoms with Crippen molar-refractivity contribution in [3.8, 4) is 5.75 Å². The molecule has 5 rings (SSSR count). The van der Waals surface area contributed by atoms with E-state index in [1.807, 2.05) is 55.5 Å². The van der Waals surface area contributed by atoms with Gasteiger partial charge >= 0.3 is 0 Å². The normalized spacial score (nSPS) is 16.8. The first-order chi connectivity index (χ1) is 17.9. The molecule has 6 nitrogen and oxygen atoms in total. The molecule has 37 heavy (non-hydrogen) atoms. The van der Waals surface area contributed by atoms with E-state index in [2.05, 4.69) is 15.9 Å². The van der Waals surface area contributed by atoms with Crippen molar-refractivity contribution in [2.75, 3.05) is 0 Å². The third-order valence-corrected chi connectivity index (χ3v) is 6.89. The first-order valence-electron chi connectivity index (χ1n) is 11.8. The molecule has 2 heterocycles. The molecule has 0 saturated carbocycles. The molecule has 4 aromatic rings. The van der Waals surface area contributed by atoms with Crippen molar-refractivity contribution in [1.82, 2.24) is 4.90 Å². The summed E-state index contributed by atoms with van der Waals surface area (Å²) in [6, 6.07) is 24.9. The summed E-state index contributed by atoms with van der Waals surface area (Å²) >= 11 is 3.47. The maximum Gasteiger partial charge on any atom is 0.296 e. The van der Waals surface area contributed by atoms with E-state index in [0.717, 1.165) is 15.6 Å². The van der Waals surface area contributed by atoms with Gasteiger partial charge in [-0.1, -0.05) is 52.3 Å². The molecule has 1 fully saturated rings. The molecule has 186 valence electrons. The standard InChI is InChI=1S/C30H24BrNO5/c1-19-6-2-3-7-22(19)18-37-24-13-11-20(12-14-24)28(33)26-27(21-8-4-9-23(31)16-21)32(30(35)29(26)34)17-25-10-5-15-36-25/h2-16,27,33H,17-18H2,1H3. The van der Waals surface area contributed by atoms with E-state index >= 15 is 0 Å². The van der Waals surface area contributed by atoms with Crippen LogP contribution in [0.2, 0.25) is 0 Å². The highest BCUT2D eigenvalue weighted by atomic mass is 79.9. The van der Waals surface area contributed by atoms with Gasteiger partial charge in [-0.2, -0.15) is 0 Å². The highest BCUT2D eigenvalue weighted by molar-refractivity contribution is 9.10. The lowest BCUT2D eigenvalue weighted by Crippen LogP contribution is -2.29. The Hall–Kier alpha value is -4.10. The molecule has 1 amide bonds. The van der Waals surface area contributed by atoms with Crippen molar-refractivity contribution in [2.24, 2.45) is 0 Å². The topological polar surface area (TPSA) is 80.0 Å². The summed E-state index contributed by atoms with van der Waals surface area (Å²) < 4.78 is 12.1. The lowest BCUT2D eigenvalue weighted by atomic mass is 9.95. The summed E-state index contributed by atoms with van der Waals surface area (Å²) in [5.74, 6) is -0.510. The Kier molecular flexibility index (Phi) is 6.97. The third kappa shape index (κ3) is 5.08. The number of aliphatic hydroxyl groups excluding tert-OH is 1. The number of furan rings is 1. The van der Waals surface area contributed by atoms with Gasteiger partial charge in [0.15, 0.2) is 0 Å². The highest BCUT2D eigenvalue weighted by Gasteiger charge is 2.46. The first kappa shape index (κ1) is 24.6. The van der Waals surface area contributed by atoms with Crippen LogP contribution in [-0.4, -0.2) is 21.7 Å². The zero-order valence-electron chi connectivity index (χ0n) is 20.1. The summed E-state index contributed by atoms with van der Waals surface area (Å²) in [4.78, 5) is 27.7. The largest absolute Gasteiger partial charge is 0.507 e. The molecule has 1 aromatic heterocycles. The monoisotopic (exact) mass is 557 g/mol. The van der Waals surface area contributed by atoms with E-state index in [0.29, 0.717) is 29.2 Å². The zero-order chi connectivity index (χ0) is 25.9. The number of hydrogen-bond donors (Lipinski definition) is 1. The van der Waals surface area contributed by atoms with E-state index in [-0.39, 0.29) is 17.9 Å². The van der Waals surface area contributed by atoms with Crippen molar-refractivity contribution >= 4 is 33.4 Å². The van der Waals surface area contributed by atoms with Crippen molar-refractivity contribution in [2.45, 2.75) is 26.1 Å². The predicted molar refractivity (Wildman–Crippen MR) is 143 cm³/mol. The molecule has 1 unspecified atom stereocenters. The molecule has 0 aliphatic carbocycles. The number of halogens is 1. The Bertz CT molecular complexity index is 1470. The number of rotatable bonds is 7. The maximum absolute atomic E-state index is 13.2. The second-order valence-electron chi connectivity index (χ2n) is 8.80. The minimum Gasteiger partial charge on any atom is -0.507 e. The fourth-order valence-electron chi connectivity index (χ4n) is 4.43. The van der Waals surface area contributed by atoms with Gasteiger partial charge in [0.1, 0.15) is 23.9 Å². The Balaban J connectivity index is 1.47. The number of carbonyl (C=O) groups excluding carboxylic acids is 2. The maximum atomic E-state index is 13.2. The summed E-state index contributed by atoms with van der Waals surface area (Å²) in [6.07, 6.45) is 1.52. The quantitative estimate of drug-likeness (QED) is 0.158. The number of aliphatic hydroxyl groups is 1. The van der Waals surface area contributed by atoms with Crippen LogP contribution in [-0.2, 0) is 22.7 Å². The highest BCUT2D eigenvalue weighted by Crippen LogP contribution is 2.41. The van der Waals surface area contributed by atoms with Gasteiger partial charge in [0, 0.05) is 10.0 Å². The molecular formula is C30H24BrNO5. The van der Waals surface area contributed by atoms with E-state index in [9.17, 15) is 14.7 Å². The van der Waals surface area contributed by atoms with Gasteiger partial charge in [-0.25, -0.2) is 0 Å². The molecule has 1 atom stereocenters. The number of ether oxygens (including phenoxy) is 1. The SMILES string of the molecule is Cc1ccccc1COc1ccc(C(O)=C2C(=O)C(=O)N(Cc3ccco3)C2c2cccc(Br)c2)cc1. The number of nitrogens with zero attached hydrogens (tertiary/aromatic N) is 1. The molecule has 7 heteroatoms. The lowest BCUT2D eigenvalue weighted by molar-refractivity contribution is -0.140. The molecule has 0 radical (unpaired) electrons. The second kappa shape index (κ2) is 10.5. The number of aryl methyl sites for hydroxylation is 1. The molecular weight excluding hydrogens is 534 g/mol. The van der Waals surface area contributed by atoms with Crippen molar-refractivity contribution in [3.05, 3.63) is 129 Å². The van der Waals surface area contributed by atoms with Gasteiger partial charge in [0.25, 0.3) is 11.7 Å². The Morgan fingerprint density at radius 1 is 1.00 bits per heavy atom. The number of amides is 1. The van der Waals surface area contributed by atoms with Gasteiger partial charge < -0.3 is 19.2 Å². The van der Waals surface area contributed by atoms with Crippen LogP contribution in [0, 0.1) is 6.92 Å². The van der Waals surface area contributed by atoms with Gasteiger partial charge in [0.2, 0.25) is 0 Å². The van der Waals surface area contributed by atoms with Gasteiger partial charge in [-0.15, -0.1) is 0 Å². The van der Waals surface area contributed by atoms with Gasteiger partial charge in [-0.3, -0.25) is 9.59 Å². The summed E-state index contributed by atoms with van der Waals surface area (Å²) in [5, 5.41) is 11.3. The van der Waals surface area contributed by atoms with Crippen molar-refractivity contribution in [3.63, 3.8) is 0 Å². The third-order valence-electron chi connectivity index (χ3n) is 6.39. The van der Waals surface area contributed by atoms with Crippen LogP contribution in [0.15, 0.2) is 106 Å². The van der Waals surface area contributed by atoms with Crippen LogP contribution in [0.1, 0.15) is 34.1 Å². The van der Waals surface area contributed by atoms with Crippen molar-refractivity contribution in [1.29, 1.82) is 0 Å². The predicted octanol–water partition coefficient (Wildman–Crippen LogP) is 6.55. The number of likely N-dealkylation sites (tertiary alicyclic amines) is 1. The van der Waals surface area contributed by atoms with Crippen LogP contribution < -0.4 is 4.74 Å².